The van der Waals surface area contributed by atoms with Gasteiger partial charge in [0.1, 0.15) is 0 Å². The highest BCUT2D eigenvalue weighted by Crippen LogP contribution is 2.26. The van der Waals surface area contributed by atoms with E-state index in [-0.39, 0.29) is 6.04 Å². The average Bonchev–Trinajstić information content (AvgIpc) is 2.40. The van der Waals surface area contributed by atoms with Gasteiger partial charge < -0.3 is 5.73 Å². The third kappa shape index (κ3) is 3.16. The molecule has 0 unspecified atom stereocenters. The molecule has 1 saturated heterocycles. The van der Waals surface area contributed by atoms with Crippen LogP contribution in [0.3, 0.4) is 0 Å². The second kappa shape index (κ2) is 6.03. The van der Waals surface area contributed by atoms with Gasteiger partial charge in [0.05, 0.1) is 4.90 Å². The molecule has 1 aliphatic rings. The fourth-order valence-electron chi connectivity index (χ4n) is 2.62. The Kier molecular flexibility index (Phi) is 4.60. The van der Waals surface area contributed by atoms with E-state index < -0.39 is 10.0 Å². The van der Waals surface area contributed by atoms with Gasteiger partial charge in [-0.05, 0) is 44.9 Å². The highest BCUT2D eigenvalue weighted by molar-refractivity contribution is 7.89. The molecule has 5 heteroatoms. The molecule has 2 N–H and O–H groups in total. The van der Waals surface area contributed by atoms with E-state index in [1.165, 1.54) is 0 Å². The first-order valence-electron chi connectivity index (χ1n) is 6.84. The van der Waals surface area contributed by atoms with Crippen LogP contribution >= 0.6 is 0 Å². The Bertz CT molecular complexity index is 509. The fourth-order valence-corrected chi connectivity index (χ4v) is 4.34. The predicted octanol–water partition coefficient (Wildman–Crippen LogP) is 1.89. The Labute approximate surface area is 115 Å². The van der Waals surface area contributed by atoms with E-state index in [0.717, 1.165) is 31.2 Å². The number of hydrogen-bond acceptors (Lipinski definition) is 3. The SMILES string of the molecule is Cc1ccc(S(=O)(=O)N2CCCC[C@@H]2CCN)cc1. The molecule has 1 fully saturated rings. The number of benzene rings is 1. The van der Waals surface area contributed by atoms with Gasteiger partial charge in [-0.15, -0.1) is 0 Å². The van der Waals surface area contributed by atoms with E-state index in [0.29, 0.717) is 18.0 Å². The van der Waals surface area contributed by atoms with Gasteiger partial charge in [-0.25, -0.2) is 8.42 Å². The first-order valence-corrected chi connectivity index (χ1v) is 8.28. The maximum atomic E-state index is 12.7. The summed E-state index contributed by atoms with van der Waals surface area (Å²) >= 11 is 0. The third-order valence-electron chi connectivity index (χ3n) is 3.70. The van der Waals surface area contributed by atoms with E-state index >= 15 is 0 Å². The Morgan fingerprint density at radius 1 is 1.26 bits per heavy atom. The maximum Gasteiger partial charge on any atom is 0.243 e. The van der Waals surface area contributed by atoms with Crippen LogP contribution in [-0.2, 0) is 10.0 Å². The molecule has 0 bridgehead atoms. The number of nitrogens with zero attached hydrogens (tertiary/aromatic N) is 1. The highest BCUT2D eigenvalue weighted by atomic mass is 32.2. The van der Waals surface area contributed by atoms with E-state index in [2.05, 4.69) is 0 Å². The number of sulfonamides is 1. The zero-order valence-electron chi connectivity index (χ0n) is 11.4. The molecule has 0 aliphatic carbocycles. The Hall–Kier alpha value is -0.910. The lowest BCUT2D eigenvalue weighted by Crippen LogP contribution is -2.44. The molecule has 1 heterocycles. The van der Waals surface area contributed by atoms with Gasteiger partial charge in [0, 0.05) is 12.6 Å². The van der Waals surface area contributed by atoms with Gasteiger partial charge in [0.15, 0.2) is 0 Å². The van der Waals surface area contributed by atoms with Crippen molar-refractivity contribution in [3.8, 4) is 0 Å². The molecule has 1 aromatic carbocycles. The van der Waals surface area contributed by atoms with Crippen molar-refractivity contribution in [2.75, 3.05) is 13.1 Å². The zero-order valence-corrected chi connectivity index (χ0v) is 12.2. The first-order chi connectivity index (χ1) is 9.05. The molecule has 2 rings (SSSR count). The topological polar surface area (TPSA) is 63.4 Å². The maximum absolute atomic E-state index is 12.7. The molecular formula is C14H22N2O2S. The van der Waals surface area contributed by atoms with Crippen molar-refractivity contribution in [3.63, 3.8) is 0 Å². The lowest BCUT2D eigenvalue weighted by atomic mass is 10.0. The molecule has 19 heavy (non-hydrogen) atoms. The van der Waals surface area contributed by atoms with Gasteiger partial charge in [-0.3, -0.25) is 0 Å². The second-order valence-electron chi connectivity index (χ2n) is 5.16. The number of rotatable bonds is 4. The molecule has 1 atom stereocenters. The molecular weight excluding hydrogens is 260 g/mol. The Balaban J connectivity index is 2.28. The van der Waals surface area contributed by atoms with Crippen LogP contribution in [0.2, 0.25) is 0 Å². The monoisotopic (exact) mass is 282 g/mol. The van der Waals surface area contributed by atoms with Crippen LogP contribution in [0.4, 0.5) is 0 Å². The van der Waals surface area contributed by atoms with Crippen molar-refractivity contribution in [1.29, 1.82) is 0 Å². The second-order valence-corrected chi connectivity index (χ2v) is 7.05. The number of aryl methyl sites for hydroxylation is 1. The van der Waals surface area contributed by atoms with Crippen LogP contribution in [0.1, 0.15) is 31.2 Å². The van der Waals surface area contributed by atoms with E-state index in [4.69, 9.17) is 5.73 Å². The number of hydrogen-bond donors (Lipinski definition) is 1. The lowest BCUT2D eigenvalue weighted by molar-refractivity contribution is 0.243. The minimum Gasteiger partial charge on any atom is -0.330 e. The van der Waals surface area contributed by atoms with Crippen LogP contribution in [0, 0.1) is 6.92 Å². The van der Waals surface area contributed by atoms with Gasteiger partial charge in [0.2, 0.25) is 10.0 Å². The summed E-state index contributed by atoms with van der Waals surface area (Å²) in [4.78, 5) is 0.391. The Morgan fingerprint density at radius 3 is 2.58 bits per heavy atom. The van der Waals surface area contributed by atoms with Crippen molar-refractivity contribution in [2.45, 2.75) is 43.5 Å². The predicted molar refractivity (Wildman–Crippen MR) is 76.4 cm³/mol. The summed E-state index contributed by atoms with van der Waals surface area (Å²) in [5.41, 5.74) is 6.67. The van der Waals surface area contributed by atoms with Gasteiger partial charge >= 0.3 is 0 Å². The average molecular weight is 282 g/mol. The molecule has 0 spiro atoms. The normalized spacial score (nSPS) is 21.5. The fraction of sp³-hybridized carbons (Fsp3) is 0.571. The summed E-state index contributed by atoms with van der Waals surface area (Å²) in [6.07, 6.45) is 3.68. The van der Waals surface area contributed by atoms with Gasteiger partial charge in [0.25, 0.3) is 0 Å². The van der Waals surface area contributed by atoms with Crippen molar-refractivity contribution < 1.29 is 8.42 Å². The molecule has 1 aliphatic heterocycles. The van der Waals surface area contributed by atoms with Crippen LogP contribution in [0.25, 0.3) is 0 Å². The smallest absolute Gasteiger partial charge is 0.243 e. The molecule has 4 nitrogen and oxygen atoms in total. The summed E-state index contributed by atoms with van der Waals surface area (Å²) in [5, 5.41) is 0. The standard InChI is InChI=1S/C14H22N2O2S/c1-12-5-7-14(8-6-12)19(17,18)16-11-3-2-4-13(16)9-10-15/h5-8,13H,2-4,9-11,15H2,1H3/t13-/m1/s1. The minimum absolute atomic E-state index is 0.0602. The van der Waals surface area contributed by atoms with Gasteiger partial charge in [-0.2, -0.15) is 4.31 Å². The van der Waals surface area contributed by atoms with Crippen LogP contribution < -0.4 is 5.73 Å². The molecule has 0 amide bonds. The summed E-state index contributed by atoms with van der Waals surface area (Å²) in [6, 6.07) is 7.13. The summed E-state index contributed by atoms with van der Waals surface area (Å²) in [6.45, 7) is 3.10. The van der Waals surface area contributed by atoms with Crippen molar-refractivity contribution in [3.05, 3.63) is 29.8 Å². The zero-order chi connectivity index (χ0) is 13.9. The number of nitrogens with two attached hydrogens (primary N) is 1. The van der Waals surface area contributed by atoms with Crippen molar-refractivity contribution in [2.24, 2.45) is 5.73 Å². The summed E-state index contributed by atoms with van der Waals surface area (Å²) in [7, 11) is -3.37. The van der Waals surface area contributed by atoms with Crippen molar-refractivity contribution in [1.82, 2.24) is 4.31 Å². The van der Waals surface area contributed by atoms with E-state index in [1.54, 1.807) is 16.4 Å². The van der Waals surface area contributed by atoms with Gasteiger partial charge in [-0.1, -0.05) is 24.1 Å². The van der Waals surface area contributed by atoms with E-state index in [1.807, 2.05) is 19.1 Å². The van der Waals surface area contributed by atoms with E-state index in [9.17, 15) is 8.42 Å². The molecule has 0 saturated carbocycles. The Morgan fingerprint density at radius 2 is 1.95 bits per heavy atom. The minimum atomic E-state index is -3.37. The van der Waals surface area contributed by atoms with Crippen LogP contribution in [0.15, 0.2) is 29.2 Å². The molecule has 1 aromatic rings. The quantitative estimate of drug-likeness (QED) is 0.917. The van der Waals surface area contributed by atoms with Crippen molar-refractivity contribution >= 4 is 10.0 Å². The first kappa shape index (κ1) is 14.5. The molecule has 106 valence electrons. The van der Waals surface area contributed by atoms with Crippen LogP contribution in [-0.4, -0.2) is 31.9 Å². The third-order valence-corrected chi connectivity index (χ3v) is 5.67. The lowest BCUT2D eigenvalue weighted by Gasteiger charge is -2.34. The highest BCUT2D eigenvalue weighted by Gasteiger charge is 2.32. The molecule has 0 radical (unpaired) electrons. The molecule has 0 aromatic heterocycles. The summed E-state index contributed by atoms with van der Waals surface area (Å²) < 4.78 is 27.0. The summed E-state index contributed by atoms with van der Waals surface area (Å²) in [5.74, 6) is 0. The largest absolute Gasteiger partial charge is 0.330 e. The number of piperidine rings is 1. The van der Waals surface area contributed by atoms with Crippen LogP contribution in [0.5, 0.6) is 0 Å².